The van der Waals surface area contributed by atoms with Crippen LogP contribution in [0.3, 0.4) is 0 Å². The van der Waals surface area contributed by atoms with Gasteiger partial charge < -0.3 is 14.6 Å². The van der Waals surface area contributed by atoms with E-state index in [1.807, 2.05) is 0 Å². The lowest BCUT2D eigenvalue weighted by molar-refractivity contribution is -0.159. The van der Waals surface area contributed by atoms with Crippen LogP contribution in [0.4, 0.5) is 4.39 Å². The molecule has 5 nitrogen and oxygen atoms in total. The summed E-state index contributed by atoms with van der Waals surface area (Å²) in [5, 5.41) is 9.24. The fraction of sp³-hybridized carbons (Fsp3) is 0.467. The first-order valence-electron chi connectivity index (χ1n) is 6.85. The van der Waals surface area contributed by atoms with Crippen molar-refractivity contribution in [1.29, 1.82) is 0 Å². The highest BCUT2D eigenvalue weighted by Crippen LogP contribution is 2.44. The molecule has 3 rings (SSSR count). The zero-order valence-electron chi connectivity index (χ0n) is 11.2. The second kappa shape index (κ2) is 5.44. The molecule has 1 aromatic carbocycles. The van der Waals surface area contributed by atoms with Crippen molar-refractivity contribution in [2.75, 3.05) is 0 Å². The van der Waals surface area contributed by atoms with E-state index in [-0.39, 0.29) is 18.5 Å². The van der Waals surface area contributed by atoms with Crippen molar-refractivity contribution < 1.29 is 28.6 Å². The molecule has 1 aromatic rings. The summed E-state index contributed by atoms with van der Waals surface area (Å²) < 4.78 is 23.5. The minimum absolute atomic E-state index is 0.000656. The number of halogens is 1. The van der Waals surface area contributed by atoms with Crippen LogP contribution in [0.5, 0.6) is 0 Å². The van der Waals surface area contributed by atoms with Gasteiger partial charge >= 0.3 is 11.9 Å². The van der Waals surface area contributed by atoms with Gasteiger partial charge in [0.05, 0.1) is 24.0 Å². The molecule has 4 atom stereocenters. The van der Waals surface area contributed by atoms with Crippen LogP contribution in [0.15, 0.2) is 24.3 Å². The Labute approximate surface area is 120 Å². The Kier molecular flexibility index (Phi) is 3.63. The number of hydrogen-bond acceptors (Lipinski definition) is 4. The summed E-state index contributed by atoms with van der Waals surface area (Å²) in [4.78, 5) is 23.4. The normalized spacial score (nSPS) is 30.3. The molecule has 0 saturated carbocycles. The van der Waals surface area contributed by atoms with E-state index < -0.39 is 29.9 Å². The largest absolute Gasteiger partial charge is 0.481 e. The van der Waals surface area contributed by atoms with Crippen molar-refractivity contribution in [2.45, 2.75) is 31.7 Å². The standard InChI is InChI=1S/C15H15FO5/c16-9-3-1-8(2-4-9)7-20-15(19)13-11-6-5-10(21-11)12(13)14(17)18/h1-4,10-13H,5-7H2,(H,17,18). The Balaban J connectivity index is 1.64. The Morgan fingerprint density at radius 3 is 2.43 bits per heavy atom. The van der Waals surface area contributed by atoms with E-state index >= 15 is 0 Å². The Bertz CT molecular complexity index is 556. The van der Waals surface area contributed by atoms with E-state index in [4.69, 9.17) is 9.47 Å². The second-order valence-corrected chi connectivity index (χ2v) is 5.41. The highest BCUT2D eigenvalue weighted by molar-refractivity contribution is 5.83. The molecule has 2 bridgehead atoms. The van der Waals surface area contributed by atoms with E-state index in [1.165, 1.54) is 24.3 Å². The maximum atomic E-state index is 12.8. The number of rotatable bonds is 4. The number of carboxylic acids is 1. The molecule has 2 fully saturated rings. The minimum atomic E-state index is -1.02. The Morgan fingerprint density at radius 2 is 1.81 bits per heavy atom. The lowest BCUT2D eigenvalue weighted by atomic mass is 9.79. The molecule has 0 amide bonds. The van der Waals surface area contributed by atoms with Crippen LogP contribution in [-0.4, -0.2) is 29.3 Å². The summed E-state index contributed by atoms with van der Waals surface area (Å²) >= 11 is 0. The molecule has 6 heteroatoms. The molecule has 0 radical (unpaired) electrons. The van der Waals surface area contributed by atoms with Crippen molar-refractivity contribution in [3.8, 4) is 0 Å². The van der Waals surface area contributed by atoms with Gasteiger partial charge in [-0.25, -0.2) is 4.39 Å². The highest BCUT2D eigenvalue weighted by Gasteiger charge is 2.56. The minimum Gasteiger partial charge on any atom is -0.481 e. The summed E-state index contributed by atoms with van der Waals surface area (Å²) in [6.45, 7) is -0.000656. The van der Waals surface area contributed by atoms with E-state index in [1.54, 1.807) is 0 Å². The molecule has 2 saturated heterocycles. The third-order valence-corrected chi connectivity index (χ3v) is 4.12. The first kappa shape index (κ1) is 14.0. The van der Waals surface area contributed by atoms with Gasteiger partial charge in [0.2, 0.25) is 0 Å². The van der Waals surface area contributed by atoms with Crippen LogP contribution in [0.1, 0.15) is 18.4 Å². The van der Waals surface area contributed by atoms with E-state index in [2.05, 4.69) is 0 Å². The number of aliphatic carboxylic acids is 1. The van der Waals surface area contributed by atoms with Crippen LogP contribution in [0.25, 0.3) is 0 Å². The van der Waals surface area contributed by atoms with E-state index in [0.29, 0.717) is 18.4 Å². The van der Waals surface area contributed by atoms with Crippen molar-refractivity contribution in [2.24, 2.45) is 11.8 Å². The second-order valence-electron chi connectivity index (χ2n) is 5.41. The molecule has 21 heavy (non-hydrogen) atoms. The molecular weight excluding hydrogens is 279 g/mol. The Morgan fingerprint density at radius 1 is 1.19 bits per heavy atom. The smallest absolute Gasteiger partial charge is 0.312 e. The number of fused-ring (bicyclic) bond motifs is 2. The summed E-state index contributed by atoms with van der Waals surface area (Å²) in [6, 6.07) is 5.61. The van der Waals surface area contributed by atoms with Crippen LogP contribution in [-0.2, 0) is 25.7 Å². The van der Waals surface area contributed by atoms with Gasteiger partial charge in [-0.1, -0.05) is 12.1 Å². The lowest BCUT2D eigenvalue weighted by Crippen LogP contribution is -2.39. The number of hydrogen-bond donors (Lipinski definition) is 1. The number of carbonyl (C=O) groups excluding carboxylic acids is 1. The van der Waals surface area contributed by atoms with Gasteiger partial charge in [-0.2, -0.15) is 0 Å². The lowest BCUT2D eigenvalue weighted by Gasteiger charge is -2.23. The van der Waals surface area contributed by atoms with Gasteiger partial charge in [0.25, 0.3) is 0 Å². The van der Waals surface area contributed by atoms with Crippen molar-refractivity contribution in [3.05, 3.63) is 35.6 Å². The number of ether oxygens (including phenoxy) is 2. The summed E-state index contributed by atoms with van der Waals surface area (Å²) in [7, 11) is 0. The van der Waals surface area contributed by atoms with Gasteiger partial charge in [0.1, 0.15) is 12.4 Å². The first-order chi connectivity index (χ1) is 10.1. The van der Waals surface area contributed by atoms with Gasteiger partial charge in [-0.05, 0) is 30.5 Å². The van der Waals surface area contributed by atoms with Crippen LogP contribution in [0.2, 0.25) is 0 Å². The molecule has 112 valence electrons. The number of benzene rings is 1. The average Bonchev–Trinajstić information content (AvgIpc) is 3.06. The van der Waals surface area contributed by atoms with E-state index in [9.17, 15) is 19.1 Å². The predicted octanol–water partition coefficient (Wildman–Crippen LogP) is 1.75. The molecule has 1 N–H and O–H groups in total. The topological polar surface area (TPSA) is 72.8 Å². The number of carbonyl (C=O) groups is 2. The molecule has 4 unspecified atom stereocenters. The zero-order chi connectivity index (χ0) is 15.0. The van der Waals surface area contributed by atoms with Gasteiger partial charge in [0, 0.05) is 0 Å². The molecular formula is C15H15FO5. The Hall–Kier alpha value is -1.95. The van der Waals surface area contributed by atoms with Gasteiger partial charge in [-0.15, -0.1) is 0 Å². The molecule has 0 aliphatic carbocycles. The van der Waals surface area contributed by atoms with Gasteiger partial charge in [-0.3, -0.25) is 9.59 Å². The van der Waals surface area contributed by atoms with Crippen molar-refractivity contribution in [3.63, 3.8) is 0 Å². The van der Waals surface area contributed by atoms with Gasteiger partial charge in [0.15, 0.2) is 0 Å². The summed E-state index contributed by atoms with van der Waals surface area (Å²) in [6.07, 6.45) is 0.599. The average molecular weight is 294 g/mol. The zero-order valence-corrected chi connectivity index (χ0v) is 11.2. The van der Waals surface area contributed by atoms with Crippen molar-refractivity contribution in [1.82, 2.24) is 0 Å². The molecule has 2 aliphatic rings. The fourth-order valence-corrected chi connectivity index (χ4v) is 3.12. The predicted molar refractivity (Wildman–Crippen MR) is 68.7 cm³/mol. The third-order valence-electron chi connectivity index (χ3n) is 4.12. The molecule has 0 spiro atoms. The summed E-state index contributed by atoms with van der Waals surface area (Å²) in [5.41, 5.74) is 0.653. The maximum Gasteiger partial charge on any atom is 0.312 e. The van der Waals surface area contributed by atoms with Crippen molar-refractivity contribution >= 4 is 11.9 Å². The highest BCUT2D eigenvalue weighted by atomic mass is 19.1. The molecule has 2 aliphatic heterocycles. The van der Waals surface area contributed by atoms with Crippen LogP contribution in [0, 0.1) is 17.7 Å². The number of esters is 1. The first-order valence-corrected chi connectivity index (χ1v) is 6.85. The van der Waals surface area contributed by atoms with Crippen LogP contribution < -0.4 is 0 Å². The van der Waals surface area contributed by atoms with E-state index in [0.717, 1.165) is 0 Å². The number of carboxylic acid groups (broad SMARTS) is 1. The molecule has 0 aromatic heterocycles. The third kappa shape index (κ3) is 2.63. The SMILES string of the molecule is O=C(O)C1C2CCC(O2)C1C(=O)OCc1ccc(F)cc1. The quantitative estimate of drug-likeness (QED) is 0.856. The maximum absolute atomic E-state index is 12.8. The fourth-order valence-electron chi connectivity index (χ4n) is 3.12. The van der Waals surface area contributed by atoms with Crippen LogP contribution >= 0.6 is 0 Å². The monoisotopic (exact) mass is 294 g/mol. The molecule has 2 heterocycles. The summed E-state index contributed by atoms with van der Waals surface area (Å²) in [5.74, 6) is -3.52.